The molecule has 1 aliphatic rings. The maximum absolute atomic E-state index is 12.6. The zero-order chi connectivity index (χ0) is 15.5. The van der Waals surface area contributed by atoms with Crippen LogP contribution in [0, 0.1) is 0 Å². The number of para-hydroxylation sites is 1. The minimum Gasteiger partial charge on any atom is -0.316 e. The van der Waals surface area contributed by atoms with Crippen LogP contribution in [0.5, 0.6) is 0 Å². The van der Waals surface area contributed by atoms with Crippen molar-refractivity contribution >= 4 is 22.5 Å². The van der Waals surface area contributed by atoms with Gasteiger partial charge in [-0.3, -0.25) is 8.89 Å². The second-order valence-electron chi connectivity index (χ2n) is 5.26. The molecule has 0 bridgehead atoms. The molecule has 0 saturated carbocycles. The second-order valence-corrected chi connectivity index (χ2v) is 6.88. The Morgan fingerprint density at radius 2 is 2.14 bits per heavy atom. The van der Waals surface area contributed by atoms with Gasteiger partial charge < -0.3 is 10.2 Å². The van der Waals surface area contributed by atoms with E-state index in [-0.39, 0.29) is 12.1 Å². The van der Waals surface area contributed by atoms with Gasteiger partial charge in [0.05, 0.1) is 12.2 Å². The lowest BCUT2D eigenvalue weighted by molar-refractivity contribution is 0.195. The van der Waals surface area contributed by atoms with Gasteiger partial charge in [-0.05, 0) is 12.1 Å². The molecule has 2 atom stereocenters. The Kier molecular flexibility index (Phi) is 4.24. The highest BCUT2D eigenvalue weighted by Crippen LogP contribution is 2.25. The average molecular weight is 318 g/mol. The Balaban J connectivity index is 1.80. The molecule has 1 saturated heterocycles. The number of nitrogens with one attached hydrogen (secondary N) is 1. The summed E-state index contributed by atoms with van der Waals surface area (Å²) in [6.45, 7) is 0.477. The fraction of sp³-hybridized carbons (Fsp3) is 0.333. The molecule has 0 spiro atoms. The SMILES string of the molecule is Cn1cc(C2CS(=O)CCN2C(=O)Nc2ccccc2)cn1. The topological polar surface area (TPSA) is 67.2 Å². The van der Waals surface area contributed by atoms with Gasteiger partial charge >= 0.3 is 6.03 Å². The van der Waals surface area contributed by atoms with Crippen molar-refractivity contribution in [3.05, 3.63) is 48.3 Å². The third-order valence-electron chi connectivity index (χ3n) is 3.68. The van der Waals surface area contributed by atoms with Crippen molar-refractivity contribution in [3.63, 3.8) is 0 Å². The van der Waals surface area contributed by atoms with Crippen molar-refractivity contribution in [2.24, 2.45) is 7.05 Å². The van der Waals surface area contributed by atoms with Crippen LogP contribution < -0.4 is 5.32 Å². The van der Waals surface area contributed by atoms with Crippen molar-refractivity contribution in [2.45, 2.75) is 6.04 Å². The van der Waals surface area contributed by atoms with Crippen molar-refractivity contribution < 1.29 is 9.00 Å². The largest absolute Gasteiger partial charge is 0.322 e. The molecular formula is C15H18N4O2S. The first-order chi connectivity index (χ1) is 10.6. The first-order valence-corrected chi connectivity index (χ1v) is 8.58. The van der Waals surface area contributed by atoms with Crippen LogP contribution in [0.15, 0.2) is 42.7 Å². The summed E-state index contributed by atoms with van der Waals surface area (Å²) < 4.78 is 13.6. The highest BCUT2D eigenvalue weighted by atomic mass is 32.2. The number of carbonyl (C=O) groups is 1. The number of rotatable bonds is 2. The lowest BCUT2D eigenvalue weighted by atomic mass is 10.1. The molecule has 0 aliphatic carbocycles. The van der Waals surface area contributed by atoms with E-state index in [0.29, 0.717) is 18.1 Å². The minimum atomic E-state index is -0.904. The van der Waals surface area contributed by atoms with Crippen LogP contribution in [0.3, 0.4) is 0 Å². The highest BCUT2D eigenvalue weighted by molar-refractivity contribution is 7.85. The Labute approximate surface area is 131 Å². The number of urea groups is 1. The molecule has 116 valence electrons. The number of amides is 2. The number of anilines is 1. The Morgan fingerprint density at radius 1 is 1.36 bits per heavy atom. The Bertz CT molecular complexity index is 686. The number of benzene rings is 1. The van der Waals surface area contributed by atoms with E-state index in [9.17, 15) is 9.00 Å². The molecule has 1 aliphatic heterocycles. The van der Waals surface area contributed by atoms with Crippen LogP contribution >= 0.6 is 0 Å². The molecule has 1 aromatic carbocycles. The van der Waals surface area contributed by atoms with E-state index in [1.165, 1.54) is 0 Å². The van der Waals surface area contributed by atoms with E-state index in [1.807, 2.05) is 43.6 Å². The summed E-state index contributed by atoms with van der Waals surface area (Å²) in [6.07, 6.45) is 3.60. The van der Waals surface area contributed by atoms with E-state index in [1.54, 1.807) is 15.8 Å². The third kappa shape index (κ3) is 3.19. The van der Waals surface area contributed by atoms with Crippen molar-refractivity contribution in [3.8, 4) is 0 Å². The molecule has 2 heterocycles. The molecule has 2 amide bonds. The summed E-state index contributed by atoms with van der Waals surface area (Å²) in [5.41, 5.74) is 1.67. The fourth-order valence-corrected chi connectivity index (χ4v) is 3.85. The summed E-state index contributed by atoms with van der Waals surface area (Å²) in [4.78, 5) is 14.3. The van der Waals surface area contributed by atoms with Gasteiger partial charge in [0.2, 0.25) is 0 Å². The Hall–Kier alpha value is -2.15. The van der Waals surface area contributed by atoms with Gasteiger partial charge in [0.1, 0.15) is 0 Å². The molecule has 6 nitrogen and oxygen atoms in total. The Morgan fingerprint density at radius 3 is 2.82 bits per heavy atom. The van der Waals surface area contributed by atoms with E-state index >= 15 is 0 Å². The van der Waals surface area contributed by atoms with Gasteiger partial charge in [0.25, 0.3) is 0 Å². The average Bonchev–Trinajstić information content (AvgIpc) is 2.94. The number of hydrogen-bond acceptors (Lipinski definition) is 3. The molecule has 2 aromatic rings. The normalized spacial score (nSPS) is 21.6. The van der Waals surface area contributed by atoms with Gasteiger partial charge in [-0.1, -0.05) is 18.2 Å². The smallest absolute Gasteiger partial charge is 0.316 e. The second kappa shape index (κ2) is 6.31. The number of carbonyl (C=O) groups excluding carboxylic acids is 1. The van der Waals surface area contributed by atoms with Crippen LogP contribution in [0.4, 0.5) is 10.5 Å². The van der Waals surface area contributed by atoms with E-state index in [0.717, 1.165) is 11.3 Å². The molecule has 7 heteroatoms. The van der Waals surface area contributed by atoms with Crippen LogP contribution in [0.2, 0.25) is 0 Å². The highest BCUT2D eigenvalue weighted by Gasteiger charge is 2.32. The summed E-state index contributed by atoms with van der Waals surface area (Å²) >= 11 is 0. The monoisotopic (exact) mass is 318 g/mol. The molecule has 1 N–H and O–H groups in total. The van der Waals surface area contributed by atoms with Crippen LogP contribution in [-0.4, -0.2) is 43.0 Å². The van der Waals surface area contributed by atoms with Gasteiger partial charge in [-0.2, -0.15) is 5.10 Å². The summed E-state index contributed by atoms with van der Waals surface area (Å²) in [5, 5.41) is 7.05. The third-order valence-corrected chi connectivity index (χ3v) is 5.00. The van der Waals surface area contributed by atoms with Crippen LogP contribution in [-0.2, 0) is 17.8 Å². The predicted octanol–water partition coefficient (Wildman–Crippen LogP) is 1.76. The number of aromatic nitrogens is 2. The van der Waals surface area contributed by atoms with Crippen LogP contribution in [0.25, 0.3) is 0 Å². The molecule has 1 aromatic heterocycles. The quantitative estimate of drug-likeness (QED) is 0.917. The molecule has 22 heavy (non-hydrogen) atoms. The summed E-state index contributed by atoms with van der Waals surface area (Å²) in [7, 11) is 0.927. The molecule has 2 unspecified atom stereocenters. The number of nitrogens with zero attached hydrogens (tertiary/aromatic N) is 3. The summed E-state index contributed by atoms with van der Waals surface area (Å²) in [5.74, 6) is 0.965. The maximum atomic E-state index is 12.6. The zero-order valence-corrected chi connectivity index (χ0v) is 13.1. The van der Waals surface area contributed by atoms with E-state index < -0.39 is 10.8 Å². The van der Waals surface area contributed by atoms with E-state index in [4.69, 9.17) is 0 Å². The molecular weight excluding hydrogens is 300 g/mol. The summed E-state index contributed by atoms with van der Waals surface area (Å²) in [6, 6.07) is 8.97. The predicted molar refractivity (Wildman–Crippen MR) is 86.0 cm³/mol. The fourth-order valence-electron chi connectivity index (χ4n) is 2.55. The van der Waals surface area contributed by atoms with Gasteiger partial charge in [-0.15, -0.1) is 0 Å². The lowest BCUT2D eigenvalue weighted by Gasteiger charge is -2.34. The van der Waals surface area contributed by atoms with Gasteiger partial charge in [0, 0.05) is 53.3 Å². The lowest BCUT2D eigenvalue weighted by Crippen LogP contribution is -2.46. The number of hydrogen-bond donors (Lipinski definition) is 1. The molecule has 3 rings (SSSR count). The van der Waals surface area contributed by atoms with Crippen molar-refractivity contribution in [1.82, 2.24) is 14.7 Å². The number of aryl methyl sites for hydroxylation is 1. The zero-order valence-electron chi connectivity index (χ0n) is 12.3. The van der Waals surface area contributed by atoms with Crippen LogP contribution in [0.1, 0.15) is 11.6 Å². The van der Waals surface area contributed by atoms with Crippen molar-refractivity contribution in [1.29, 1.82) is 0 Å². The maximum Gasteiger partial charge on any atom is 0.322 e. The van der Waals surface area contributed by atoms with E-state index in [2.05, 4.69) is 10.4 Å². The first kappa shape index (κ1) is 14.8. The minimum absolute atomic E-state index is 0.170. The molecule has 0 radical (unpaired) electrons. The standard InChI is InChI=1S/C15H18N4O2S/c1-18-10-12(9-16-18)14-11-22(21)8-7-19(14)15(20)17-13-5-3-2-4-6-13/h2-6,9-10,14H,7-8,11H2,1H3,(H,17,20). The van der Waals surface area contributed by atoms with Crippen molar-refractivity contribution in [2.75, 3.05) is 23.4 Å². The van der Waals surface area contributed by atoms with Gasteiger partial charge in [-0.25, -0.2) is 4.79 Å². The first-order valence-electron chi connectivity index (χ1n) is 7.09. The molecule has 1 fully saturated rings. The van der Waals surface area contributed by atoms with Gasteiger partial charge in [0.15, 0.2) is 0 Å².